The van der Waals surface area contributed by atoms with E-state index < -0.39 is 0 Å². The predicted molar refractivity (Wildman–Crippen MR) is 73.8 cm³/mol. The SMILES string of the molecule is CCCCCC(=O)NCCc1ccc(OC)cc1. The van der Waals surface area contributed by atoms with Gasteiger partial charge in [0.2, 0.25) is 5.91 Å². The van der Waals surface area contributed by atoms with Crippen LogP contribution in [0.25, 0.3) is 0 Å². The van der Waals surface area contributed by atoms with Gasteiger partial charge in [-0.1, -0.05) is 31.9 Å². The van der Waals surface area contributed by atoms with Crippen molar-refractivity contribution in [3.05, 3.63) is 29.8 Å². The van der Waals surface area contributed by atoms with E-state index in [0.29, 0.717) is 13.0 Å². The molecule has 1 aromatic carbocycles. The number of methoxy groups -OCH3 is 1. The number of unbranched alkanes of at least 4 members (excludes halogenated alkanes) is 2. The van der Waals surface area contributed by atoms with Crippen molar-refractivity contribution in [2.45, 2.75) is 39.0 Å². The lowest BCUT2D eigenvalue weighted by Crippen LogP contribution is -2.25. The fourth-order valence-electron chi connectivity index (χ4n) is 1.76. The standard InChI is InChI=1S/C15H23NO2/c1-3-4-5-6-15(17)16-12-11-13-7-9-14(18-2)10-8-13/h7-10H,3-6,11-12H2,1-2H3,(H,16,17). The van der Waals surface area contributed by atoms with E-state index in [1.165, 1.54) is 5.56 Å². The Bertz CT molecular complexity index is 346. The molecule has 0 aliphatic rings. The second-order valence-corrected chi connectivity index (χ2v) is 4.41. The molecule has 100 valence electrons. The number of carbonyl (C=O) groups excluding carboxylic acids is 1. The van der Waals surface area contributed by atoms with Crippen LogP contribution in [0.2, 0.25) is 0 Å². The number of nitrogens with one attached hydrogen (secondary N) is 1. The van der Waals surface area contributed by atoms with Crippen molar-refractivity contribution in [1.29, 1.82) is 0 Å². The Balaban J connectivity index is 2.18. The van der Waals surface area contributed by atoms with Gasteiger partial charge in [-0.2, -0.15) is 0 Å². The molecule has 1 amide bonds. The van der Waals surface area contributed by atoms with Gasteiger partial charge in [-0.25, -0.2) is 0 Å². The van der Waals surface area contributed by atoms with Gasteiger partial charge < -0.3 is 10.1 Å². The van der Waals surface area contributed by atoms with Crippen molar-refractivity contribution in [1.82, 2.24) is 5.32 Å². The summed E-state index contributed by atoms with van der Waals surface area (Å²) in [7, 11) is 1.66. The van der Waals surface area contributed by atoms with Gasteiger partial charge in [-0.05, 0) is 30.5 Å². The van der Waals surface area contributed by atoms with Gasteiger partial charge in [0, 0.05) is 13.0 Å². The molecule has 0 spiro atoms. The topological polar surface area (TPSA) is 38.3 Å². The van der Waals surface area contributed by atoms with Crippen LogP contribution in [0.4, 0.5) is 0 Å². The Kier molecular flexibility index (Phi) is 6.92. The van der Waals surface area contributed by atoms with Gasteiger partial charge in [-0.3, -0.25) is 4.79 Å². The molecule has 0 aliphatic heterocycles. The van der Waals surface area contributed by atoms with Crippen molar-refractivity contribution < 1.29 is 9.53 Å². The minimum absolute atomic E-state index is 0.164. The summed E-state index contributed by atoms with van der Waals surface area (Å²) in [4.78, 5) is 11.5. The first-order valence-corrected chi connectivity index (χ1v) is 6.66. The molecular weight excluding hydrogens is 226 g/mol. The highest BCUT2D eigenvalue weighted by molar-refractivity contribution is 5.75. The van der Waals surface area contributed by atoms with E-state index in [4.69, 9.17) is 4.74 Å². The quantitative estimate of drug-likeness (QED) is 0.719. The molecular formula is C15H23NO2. The van der Waals surface area contributed by atoms with Crippen molar-refractivity contribution in [3.8, 4) is 5.75 Å². The van der Waals surface area contributed by atoms with Crippen LogP contribution < -0.4 is 10.1 Å². The molecule has 0 saturated heterocycles. The Hall–Kier alpha value is -1.51. The van der Waals surface area contributed by atoms with Crippen LogP contribution in [0.5, 0.6) is 5.75 Å². The average molecular weight is 249 g/mol. The summed E-state index contributed by atoms with van der Waals surface area (Å²) in [5.41, 5.74) is 1.21. The molecule has 0 fully saturated rings. The van der Waals surface area contributed by atoms with E-state index in [1.54, 1.807) is 7.11 Å². The molecule has 0 heterocycles. The number of benzene rings is 1. The Labute approximate surface area is 110 Å². The normalized spacial score (nSPS) is 10.1. The van der Waals surface area contributed by atoms with E-state index in [-0.39, 0.29) is 5.91 Å². The van der Waals surface area contributed by atoms with Crippen LogP contribution >= 0.6 is 0 Å². The zero-order valence-electron chi connectivity index (χ0n) is 11.4. The maximum absolute atomic E-state index is 11.5. The minimum Gasteiger partial charge on any atom is -0.497 e. The molecule has 0 atom stereocenters. The zero-order valence-corrected chi connectivity index (χ0v) is 11.4. The van der Waals surface area contributed by atoms with Crippen LogP contribution in [0.1, 0.15) is 38.2 Å². The molecule has 0 aromatic heterocycles. The maximum Gasteiger partial charge on any atom is 0.220 e. The monoisotopic (exact) mass is 249 g/mol. The van der Waals surface area contributed by atoms with E-state index in [9.17, 15) is 4.79 Å². The van der Waals surface area contributed by atoms with E-state index in [1.807, 2.05) is 24.3 Å². The summed E-state index contributed by atoms with van der Waals surface area (Å²) in [6.07, 6.45) is 4.79. The van der Waals surface area contributed by atoms with Gasteiger partial charge in [-0.15, -0.1) is 0 Å². The fourth-order valence-corrected chi connectivity index (χ4v) is 1.76. The summed E-state index contributed by atoms with van der Waals surface area (Å²) in [6.45, 7) is 2.85. The molecule has 0 bridgehead atoms. The number of hydrogen-bond acceptors (Lipinski definition) is 2. The average Bonchev–Trinajstić information content (AvgIpc) is 2.40. The van der Waals surface area contributed by atoms with E-state index in [2.05, 4.69) is 12.2 Å². The molecule has 0 unspecified atom stereocenters. The highest BCUT2D eigenvalue weighted by atomic mass is 16.5. The van der Waals surface area contributed by atoms with Crippen molar-refractivity contribution in [3.63, 3.8) is 0 Å². The number of carbonyl (C=O) groups is 1. The zero-order chi connectivity index (χ0) is 13.2. The summed E-state index contributed by atoms with van der Waals surface area (Å²) in [6, 6.07) is 7.95. The Morgan fingerprint density at radius 2 is 1.94 bits per heavy atom. The van der Waals surface area contributed by atoms with Gasteiger partial charge in [0.05, 0.1) is 7.11 Å². The third-order valence-electron chi connectivity index (χ3n) is 2.90. The largest absolute Gasteiger partial charge is 0.497 e. The summed E-state index contributed by atoms with van der Waals surface area (Å²) in [5, 5.41) is 2.95. The summed E-state index contributed by atoms with van der Waals surface area (Å²) in [5.74, 6) is 1.03. The van der Waals surface area contributed by atoms with Crippen molar-refractivity contribution in [2.24, 2.45) is 0 Å². The second kappa shape index (κ2) is 8.56. The lowest BCUT2D eigenvalue weighted by Gasteiger charge is -2.06. The lowest BCUT2D eigenvalue weighted by atomic mass is 10.1. The molecule has 0 radical (unpaired) electrons. The van der Waals surface area contributed by atoms with E-state index >= 15 is 0 Å². The smallest absolute Gasteiger partial charge is 0.220 e. The van der Waals surface area contributed by atoms with Crippen LogP contribution in [0, 0.1) is 0 Å². The number of ether oxygens (including phenoxy) is 1. The van der Waals surface area contributed by atoms with E-state index in [0.717, 1.165) is 31.4 Å². The highest BCUT2D eigenvalue weighted by Crippen LogP contribution is 2.11. The molecule has 18 heavy (non-hydrogen) atoms. The molecule has 1 N–H and O–H groups in total. The van der Waals surface area contributed by atoms with Gasteiger partial charge in [0.1, 0.15) is 5.75 Å². The molecule has 3 nitrogen and oxygen atoms in total. The Morgan fingerprint density at radius 3 is 2.56 bits per heavy atom. The van der Waals surface area contributed by atoms with Crippen LogP contribution in [0.15, 0.2) is 24.3 Å². The first kappa shape index (κ1) is 14.6. The maximum atomic E-state index is 11.5. The fraction of sp³-hybridized carbons (Fsp3) is 0.533. The first-order chi connectivity index (χ1) is 8.76. The first-order valence-electron chi connectivity index (χ1n) is 6.66. The molecule has 0 saturated carbocycles. The molecule has 3 heteroatoms. The molecule has 1 aromatic rings. The van der Waals surface area contributed by atoms with Gasteiger partial charge in [0.15, 0.2) is 0 Å². The summed E-state index contributed by atoms with van der Waals surface area (Å²) >= 11 is 0. The molecule has 0 aliphatic carbocycles. The van der Waals surface area contributed by atoms with Gasteiger partial charge in [0.25, 0.3) is 0 Å². The van der Waals surface area contributed by atoms with Gasteiger partial charge >= 0.3 is 0 Å². The van der Waals surface area contributed by atoms with Crippen molar-refractivity contribution >= 4 is 5.91 Å². The number of hydrogen-bond donors (Lipinski definition) is 1. The number of rotatable bonds is 8. The number of amides is 1. The Morgan fingerprint density at radius 1 is 1.22 bits per heavy atom. The third-order valence-corrected chi connectivity index (χ3v) is 2.90. The van der Waals surface area contributed by atoms with Crippen LogP contribution in [-0.4, -0.2) is 19.6 Å². The van der Waals surface area contributed by atoms with Crippen molar-refractivity contribution in [2.75, 3.05) is 13.7 Å². The minimum atomic E-state index is 0.164. The third kappa shape index (κ3) is 5.71. The van der Waals surface area contributed by atoms with Crippen LogP contribution in [0.3, 0.4) is 0 Å². The summed E-state index contributed by atoms with van der Waals surface area (Å²) < 4.78 is 5.10. The predicted octanol–water partition coefficient (Wildman–Crippen LogP) is 2.93. The lowest BCUT2D eigenvalue weighted by molar-refractivity contribution is -0.121. The second-order valence-electron chi connectivity index (χ2n) is 4.41. The molecule has 1 rings (SSSR count). The highest BCUT2D eigenvalue weighted by Gasteiger charge is 2.00. The van der Waals surface area contributed by atoms with Crippen LogP contribution in [-0.2, 0) is 11.2 Å².